The van der Waals surface area contributed by atoms with E-state index in [-0.39, 0.29) is 28.1 Å². The van der Waals surface area contributed by atoms with Gasteiger partial charge in [0, 0.05) is 13.6 Å². The first-order valence-corrected chi connectivity index (χ1v) is 14.3. The van der Waals surface area contributed by atoms with Crippen LogP contribution in [0.1, 0.15) is 30.0 Å². The van der Waals surface area contributed by atoms with Crippen molar-refractivity contribution in [3.05, 3.63) is 88.4 Å². The Labute approximate surface area is 235 Å². The van der Waals surface area contributed by atoms with E-state index in [1.54, 1.807) is 25.1 Å². The number of ether oxygens (including phenoxy) is 1. The van der Waals surface area contributed by atoms with E-state index < -0.39 is 28.5 Å². The number of aryl methyl sites for hydroxylation is 2. The predicted octanol–water partition coefficient (Wildman–Crippen LogP) is 4.71. The van der Waals surface area contributed by atoms with Crippen molar-refractivity contribution in [3.63, 3.8) is 0 Å². The van der Waals surface area contributed by atoms with Crippen molar-refractivity contribution < 1.29 is 22.7 Å². The molecule has 0 saturated carbocycles. The molecular weight excluding hydrogens is 538 g/mol. The van der Waals surface area contributed by atoms with Crippen LogP contribution in [0, 0.1) is 13.8 Å². The van der Waals surface area contributed by atoms with Crippen LogP contribution in [0.3, 0.4) is 0 Å². The molecule has 8 nitrogen and oxygen atoms in total. The number of rotatable bonds is 11. The lowest BCUT2D eigenvalue weighted by molar-refractivity contribution is -0.140. The Hall–Kier alpha value is -3.56. The molecular formula is C29H34ClN3O5S. The Kier molecular flexibility index (Phi) is 9.99. The van der Waals surface area contributed by atoms with E-state index in [4.69, 9.17) is 16.3 Å². The van der Waals surface area contributed by atoms with Crippen LogP contribution in [0.15, 0.2) is 71.6 Å². The number of hydrogen-bond acceptors (Lipinski definition) is 5. The van der Waals surface area contributed by atoms with Gasteiger partial charge >= 0.3 is 0 Å². The highest BCUT2D eigenvalue weighted by Crippen LogP contribution is 2.32. The van der Waals surface area contributed by atoms with Gasteiger partial charge < -0.3 is 15.0 Å². The van der Waals surface area contributed by atoms with Crippen molar-refractivity contribution in [1.29, 1.82) is 0 Å². The molecule has 3 rings (SSSR count). The summed E-state index contributed by atoms with van der Waals surface area (Å²) < 4.78 is 34.0. The van der Waals surface area contributed by atoms with Gasteiger partial charge in [-0.3, -0.25) is 13.9 Å². The number of anilines is 1. The molecule has 0 aliphatic heterocycles. The Bertz CT molecular complexity index is 1430. The molecule has 2 amide bonds. The molecule has 0 bridgehead atoms. The van der Waals surface area contributed by atoms with Crippen LogP contribution < -0.4 is 14.4 Å². The standard InChI is InChI=1S/C29H34ClN3O5S/c1-6-26(29(35)31-4)32(18-22-9-7-8-21(3)16-22)28(34)19-33(23-12-15-27(38-5)25(30)17-23)39(36,37)24-13-10-20(2)11-14-24/h7-17,26H,6,18-19H2,1-5H3,(H,31,35)/t26-/m0/s1. The highest BCUT2D eigenvalue weighted by molar-refractivity contribution is 7.92. The van der Waals surface area contributed by atoms with Gasteiger partial charge in [-0.25, -0.2) is 8.42 Å². The van der Waals surface area contributed by atoms with Crippen molar-refractivity contribution in [1.82, 2.24) is 10.2 Å². The first-order chi connectivity index (χ1) is 18.5. The van der Waals surface area contributed by atoms with Crippen LogP contribution in [0.5, 0.6) is 5.75 Å². The van der Waals surface area contributed by atoms with Crippen LogP contribution in [0.2, 0.25) is 5.02 Å². The van der Waals surface area contributed by atoms with Crippen LogP contribution in [-0.4, -0.2) is 51.9 Å². The number of sulfonamides is 1. The predicted molar refractivity (Wildman–Crippen MR) is 154 cm³/mol. The lowest BCUT2D eigenvalue weighted by Crippen LogP contribution is -2.51. The molecule has 0 aromatic heterocycles. The maximum atomic E-state index is 14.0. The van der Waals surface area contributed by atoms with Crippen molar-refractivity contribution in [2.24, 2.45) is 0 Å². The Morgan fingerprint density at radius 3 is 2.26 bits per heavy atom. The molecule has 3 aromatic carbocycles. The normalized spacial score (nSPS) is 11.9. The molecule has 10 heteroatoms. The molecule has 3 aromatic rings. The quantitative estimate of drug-likeness (QED) is 0.359. The van der Waals surface area contributed by atoms with Crippen LogP contribution in [0.25, 0.3) is 0 Å². The smallest absolute Gasteiger partial charge is 0.264 e. The molecule has 1 atom stereocenters. The maximum Gasteiger partial charge on any atom is 0.264 e. The van der Waals surface area contributed by atoms with E-state index in [0.717, 1.165) is 21.0 Å². The van der Waals surface area contributed by atoms with Gasteiger partial charge in [0.25, 0.3) is 10.0 Å². The molecule has 1 N–H and O–H groups in total. The fraction of sp³-hybridized carbons (Fsp3) is 0.310. The zero-order valence-corrected chi connectivity index (χ0v) is 24.3. The second-order valence-corrected chi connectivity index (χ2v) is 11.5. The second kappa shape index (κ2) is 13.0. The van der Waals surface area contributed by atoms with Gasteiger partial charge in [-0.05, 0) is 56.2 Å². The fourth-order valence-corrected chi connectivity index (χ4v) is 5.93. The molecule has 0 spiro atoms. The van der Waals surface area contributed by atoms with Crippen molar-refractivity contribution in [2.75, 3.05) is 25.0 Å². The number of amides is 2. The third-order valence-corrected chi connectivity index (χ3v) is 8.46. The highest BCUT2D eigenvalue weighted by Gasteiger charge is 2.33. The summed E-state index contributed by atoms with van der Waals surface area (Å²) in [5.74, 6) is -0.500. The number of nitrogens with zero attached hydrogens (tertiary/aromatic N) is 2. The topological polar surface area (TPSA) is 96.0 Å². The van der Waals surface area contributed by atoms with Crippen molar-refractivity contribution in [2.45, 2.75) is 44.7 Å². The first kappa shape index (κ1) is 30.0. The van der Waals surface area contributed by atoms with E-state index >= 15 is 0 Å². The summed E-state index contributed by atoms with van der Waals surface area (Å²) in [6.45, 7) is 5.19. The average Bonchev–Trinajstić information content (AvgIpc) is 2.91. The Morgan fingerprint density at radius 2 is 1.69 bits per heavy atom. The summed E-state index contributed by atoms with van der Waals surface area (Å²) in [5.41, 5.74) is 2.92. The monoisotopic (exact) mass is 571 g/mol. The van der Waals surface area contributed by atoms with Crippen LogP contribution in [-0.2, 0) is 26.2 Å². The number of carbonyl (C=O) groups is 2. The minimum Gasteiger partial charge on any atom is -0.495 e. The minimum absolute atomic E-state index is 0.0245. The molecule has 0 unspecified atom stereocenters. The molecule has 39 heavy (non-hydrogen) atoms. The number of halogens is 1. The summed E-state index contributed by atoms with van der Waals surface area (Å²) in [7, 11) is -1.22. The molecule has 0 aliphatic carbocycles. The van der Waals surface area contributed by atoms with Crippen LogP contribution >= 0.6 is 11.6 Å². The van der Waals surface area contributed by atoms with E-state index in [0.29, 0.717) is 12.2 Å². The number of nitrogens with one attached hydrogen (secondary N) is 1. The lowest BCUT2D eigenvalue weighted by Gasteiger charge is -2.33. The van der Waals surface area contributed by atoms with Gasteiger partial charge in [-0.15, -0.1) is 0 Å². The zero-order chi connectivity index (χ0) is 28.7. The number of methoxy groups -OCH3 is 1. The van der Waals surface area contributed by atoms with Crippen molar-refractivity contribution >= 4 is 39.1 Å². The molecule has 208 valence electrons. The first-order valence-electron chi connectivity index (χ1n) is 12.5. The minimum atomic E-state index is -4.19. The van der Waals surface area contributed by atoms with Gasteiger partial charge in [0.2, 0.25) is 11.8 Å². The molecule has 0 fully saturated rings. The van der Waals surface area contributed by atoms with Gasteiger partial charge in [-0.1, -0.05) is 66.0 Å². The summed E-state index contributed by atoms with van der Waals surface area (Å²) in [5, 5.41) is 2.81. The number of hydrogen-bond donors (Lipinski definition) is 1. The second-order valence-electron chi connectivity index (χ2n) is 9.19. The third kappa shape index (κ3) is 7.10. The molecule has 0 radical (unpaired) electrons. The fourth-order valence-electron chi connectivity index (χ4n) is 4.27. The van der Waals surface area contributed by atoms with Crippen molar-refractivity contribution in [3.8, 4) is 5.75 Å². The summed E-state index contributed by atoms with van der Waals surface area (Å²) >= 11 is 6.35. The Balaban J connectivity index is 2.10. The molecule has 0 aliphatic rings. The van der Waals surface area contributed by atoms with E-state index in [9.17, 15) is 18.0 Å². The maximum absolute atomic E-state index is 14.0. The SMILES string of the molecule is CC[C@@H](C(=O)NC)N(Cc1cccc(C)c1)C(=O)CN(c1ccc(OC)c(Cl)c1)S(=O)(=O)c1ccc(C)cc1. The van der Waals surface area contributed by atoms with E-state index in [1.807, 2.05) is 38.1 Å². The number of likely N-dealkylation sites (N-methyl/N-ethyl adjacent to an activating group) is 1. The van der Waals surface area contributed by atoms with Gasteiger partial charge in [0.05, 0.1) is 22.7 Å². The van der Waals surface area contributed by atoms with Gasteiger partial charge in [-0.2, -0.15) is 0 Å². The number of carbonyl (C=O) groups excluding carboxylic acids is 2. The molecule has 0 heterocycles. The summed E-state index contributed by atoms with van der Waals surface area (Å²) in [4.78, 5) is 28.2. The van der Waals surface area contributed by atoms with Crippen LogP contribution in [0.4, 0.5) is 5.69 Å². The average molecular weight is 572 g/mol. The summed E-state index contributed by atoms with van der Waals surface area (Å²) in [6.07, 6.45) is 0.344. The zero-order valence-electron chi connectivity index (χ0n) is 22.8. The van der Waals surface area contributed by atoms with Gasteiger partial charge in [0.15, 0.2) is 0 Å². The van der Waals surface area contributed by atoms with E-state index in [2.05, 4.69) is 5.32 Å². The number of benzene rings is 3. The van der Waals surface area contributed by atoms with Gasteiger partial charge in [0.1, 0.15) is 18.3 Å². The molecule has 0 saturated heterocycles. The highest BCUT2D eigenvalue weighted by atomic mass is 35.5. The van der Waals surface area contributed by atoms with E-state index in [1.165, 1.54) is 43.3 Å². The lowest BCUT2D eigenvalue weighted by atomic mass is 10.1. The largest absolute Gasteiger partial charge is 0.495 e. The Morgan fingerprint density at radius 1 is 1.00 bits per heavy atom. The summed E-state index contributed by atoms with van der Waals surface area (Å²) in [6, 6.07) is 17.7. The third-order valence-electron chi connectivity index (χ3n) is 6.38.